The number of para-hydroxylation sites is 1. The number of aromatic hydroxyl groups is 1. The molecule has 3 aromatic rings. The van der Waals surface area contributed by atoms with Gasteiger partial charge in [-0.15, -0.1) is 0 Å². The van der Waals surface area contributed by atoms with Crippen LogP contribution in [0, 0.1) is 0 Å². The van der Waals surface area contributed by atoms with Crippen molar-refractivity contribution in [1.82, 2.24) is 14.5 Å². The maximum atomic E-state index is 9.85. The summed E-state index contributed by atoms with van der Waals surface area (Å²) in [5.74, 6) is 1.29. The van der Waals surface area contributed by atoms with Crippen LogP contribution in [0.25, 0.3) is 0 Å². The zero-order chi connectivity index (χ0) is 13.8. The van der Waals surface area contributed by atoms with Crippen molar-refractivity contribution in [2.75, 3.05) is 0 Å². The lowest BCUT2D eigenvalue weighted by Crippen LogP contribution is -2.05. The van der Waals surface area contributed by atoms with Crippen LogP contribution in [0.3, 0.4) is 0 Å². The largest absolute Gasteiger partial charge is 0.508 e. The number of benzene rings is 1. The molecule has 0 amide bonds. The lowest BCUT2D eigenvalue weighted by Gasteiger charge is -2.09. The van der Waals surface area contributed by atoms with Gasteiger partial charge < -0.3 is 9.67 Å². The van der Waals surface area contributed by atoms with Crippen molar-refractivity contribution in [3.05, 3.63) is 78.1 Å². The second-order valence-corrected chi connectivity index (χ2v) is 4.63. The summed E-state index contributed by atoms with van der Waals surface area (Å²) in [6, 6.07) is 11.3. The molecule has 0 aliphatic carbocycles. The zero-order valence-electron chi connectivity index (χ0n) is 11.0. The number of hydrogen-bond acceptors (Lipinski definition) is 3. The van der Waals surface area contributed by atoms with Gasteiger partial charge in [-0.05, 0) is 23.8 Å². The molecule has 1 aromatic carbocycles. The van der Waals surface area contributed by atoms with Gasteiger partial charge in [-0.2, -0.15) is 0 Å². The van der Waals surface area contributed by atoms with Gasteiger partial charge in [-0.25, -0.2) is 4.98 Å². The Hall–Kier alpha value is -2.62. The Kier molecular flexibility index (Phi) is 3.46. The molecule has 0 saturated carbocycles. The summed E-state index contributed by atoms with van der Waals surface area (Å²) in [5.41, 5.74) is 2.06. The number of rotatable bonds is 4. The Morgan fingerprint density at radius 3 is 2.60 bits per heavy atom. The van der Waals surface area contributed by atoms with Crippen LogP contribution >= 0.6 is 0 Å². The van der Waals surface area contributed by atoms with Crippen LogP contribution in [-0.2, 0) is 13.0 Å². The molecule has 3 rings (SSSR count). The van der Waals surface area contributed by atoms with Crippen LogP contribution in [0.2, 0.25) is 0 Å². The van der Waals surface area contributed by atoms with Crippen molar-refractivity contribution in [3.63, 3.8) is 0 Å². The molecule has 0 atom stereocenters. The number of phenolic OH excluding ortho intramolecular Hbond substituents is 1. The van der Waals surface area contributed by atoms with Crippen LogP contribution in [0.1, 0.15) is 17.0 Å². The fourth-order valence-electron chi connectivity index (χ4n) is 2.16. The summed E-state index contributed by atoms with van der Waals surface area (Å²) in [7, 11) is 0. The maximum Gasteiger partial charge on any atom is 0.120 e. The van der Waals surface area contributed by atoms with E-state index in [0.717, 1.165) is 17.8 Å². The number of imidazole rings is 1. The molecule has 0 aliphatic heterocycles. The molecule has 4 heteroatoms. The topological polar surface area (TPSA) is 50.9 Å². The standard InChI is InChI=1S/C16H15N3O/c20-15-4-2-1-3-14(15)12-19-10-9-18-16(19)11-13-5-7-17-8-6-13/h1-10,20H,11-12H2. The third kappa shape index (κ3) is 2.69. The number of aromatic nitrogens is 3. The van der Waals surface area contributed by atoms with E-state index in [1.807, 2.05) is 36.5 Å². The molecule has 2 heterocycles. The van der Waals surface area contributed by atoms with Gasteiger partial charge in [0, 0.05) is 36.8 Å². The van der Waals surface area contributed by atoms with Crippen molar-refractivity contribution in [1.29, 1.82) is 0 Å². The minimum absolute atomic E-state index is 0.316. The van der Waals surface area contributed by atoms with Gasteiger partial charge in [0.1, 0.15) is 11.6 Å². The average Bonchev–Trinajstić information content (AvgIpc) is 2.90. The molecule has 1 N–H and O–H groups in total. The maximum absolute atomic E-state index is 9.85. The van der Waals surface area contributed by atoms with E-state index in [4.69, 9.17) is 0 Å². The minimum Gasteiger partial charge on any atom is -0.508 e. The first-order chi connectivity index (χ1) is 9.83. The van der Waals surface area contributed by atoms with E-state index in [-0.39, 0.29) is 0 Å². The lowest BCUT2D eigenvalue weighted by molar-refractivity contribution is 0.465. The van der Waals surface area contributed by atoms with Crippen LogP contribution in [-0.4, -0.2) is 19.6 Å². The Labute approximate surface area is 117 Å². The van der Waals surface area contributed by atoms with Gasteiger partial charge in [-0.1, -0.05) is 18.2 Å². The molecule has 20 heavy (non-hydrogen) atoms. The van der Waals surface area contributed by atoms with Gasteiger partial charge in [0.15, 0.2) is 0 Å². The highest BCUT2D eigenvalue weighted by molar-refractivity contribution is 5.32. The number of hydrogen-bond donors (Lipinski definition) is 1. The van der Waals surface area contributed by atoms with E-state index < -0.39 is 0 Å². The highest BCUT2D eigenvalue weighted by Gasteiger charge is 2.07. The molecule has 0 aliphatic rings. The summed E-state index contributed by atoms with van der Waals surface area (Å²) in [5, 5.41) is 9.85. The predicted molar refractivity (Wildman–Crippen MR) is 76.5 cm³/mol. The summed E-state index contributed by atoms with van der Waals surface area (Å²) in [6.45, 7) is 0.618. The summed E-state index contributed by atoms with van der Waals surface area (Å²) in [6.07, 6.45) is 8.04. The van der Waals surface area contributed by atoms with Gasteiger partial charge in [0.25, 0.3) is 0 Å². The molecule has 0 radical (unpaired) electrons. The third-order valence-corrected chi connectivity index (χ3v) is 3.25. The highest BCUT2D eigenvalue weighted by Crippen LogP contribution is 2.18. The average molecular weight is 265 g/mol. The summed E-state index contributed by atoms with van der Waals surface area (Å²) >= 11 is 0. The van der Waals surface area contributed by atoms with E-state index in [0.29, 0.717) is 12.3 Å². The van der Waals surface area contributed by atoms with Crippen molar-refractivity contribution >= 4 is 0 Å². The van der Waals surface area contributed by atoms with Crippen molar-refractivity contribution in [3.8, 4) is 5.75 Å². The molecule has 2 aromatic heterocycles. The monoisotopic (exact) mass is 265 g/mol. The van der Waals surface area contributed by atoms with E-state index in [1.165, 1.54) is 5.56 Å². The predicted octanol–water partition coefficient (Wildman–Crippen LogP) is 2.62. The number of nitrogens with zero attached hydrogens (tertiary/aromatic N) is 3. The second kappa shape index (κ2) is 5.57. The molecule has 0 fully saturated rings. The van der Waals surface area contributed by atoms with Crippen LogP contribution in [0.4, 0.5) is 0 Å². The van der Waals surface area contributed by atoms with E-state index >= 15 is 0 Å². The Morgan fingerprint density at radius 1 is 1.00 bits per heavy atom. The quantitative estimate of drug-likeness (QED) is 0.789. The SMILES string of the molecule is Oc1ccccc1Cn1ccnc1Cc1ccncc1. The normalized spacial score (nSPS) is 10.6. The van der Waals surface area contributed by atoms with Gasteiger partial charge in [0.2, 0.25) is 0 Å². The first-order valence-electron chi connectivity index (χ1n) is 6.49. The molecule has 0 spiro atoms. The van der Waals surface area contributed by atoms with Crippen molar-refractivity contribution in [2.45, 2.75) is 13.0 Å². The molecule has 4 nitrogen and oxygen atoms in total. The van der Waals surface area contributed by atoms with Gasteiger partial charge >= 0.3 is 0 Å². The minimum atomic E-state index is 0.316. The van der Waals surface area contributed by atoms with E-state index in [9.17, 15) is 5.11 Å². The van der Waals surface area contributed by atoms with Gasteiger partial charge in [-0.3, -0.25) is 4.98 Å². The summed E-state index contributed by atoms with van der Waals surface area (Å²) in [4.78, 5) is 8.41. The molecular weight excluding hydrogens is 250 g/mol. The lowest BCUT2D eigenvalue weighted by atomic mass is 10.1. The van der Waals surface area contributed by atoms with E-state index in [1.54, 1.807) is 24.7 Å². The van der Waals surface area contributed by atoms with Crippen LogP contribution in [0.5, 0.6) is 5.75 Å². The Morgan fingerprint density at radius 2 is 1.80 bits per heavy atom. The Balaban J connectivity index is 1.82. The third-order valence-electron chi connectivity index (χ3n) is 3.25. The number of pyridine rings is 1. The fraction of sp³-hybridized carbons (Fsp3) is 0.125. The molecule has 0 bridgehead atoms. The molecule has 0 saturated heterocycles. The smallest absolute Gasteiger partial charge is 0.120 e. The molecule has 100 valence electrons. The highest BCUT2D eigenvalue weighted by atomic mass is 16.3. The Bertz CT molecular complexity index is 692. The first-order valence-corrected chi connectivity index (χ1v) is 6.49. The summed E-state index contributed by atoms with van der Waals surface area (Å²) < 4.78 is 2.05. The van der Waals surface area contributed by atoms with E-state index in [2.05, 4.69) is 14.5 Å². The number of phenols is 1. The zero-order valence-corrected chi connectivity index (χ0v) is 11.0. The van der Waals surface area contributed by atoms with Crippen molar-refractivity contribution < 1.29 is 5.11 Å². The molecular formula is C16H15N3O. The van der Waals surface area contributed by atoms with Crippen molar-refractivity contribution in [2.24, 2.45) is 0 Å². The van der Waals surface area contributed by atoms with Gasteiger partial charge in [0.05, 0.1) is 6.54 Å². The van der Waals surface area contributed by atoms with Crippen LogP contribution < -0.4 is 0 Å². The molecule has 0 unspecified atom stereocenters. The van der Waals surface area contributed by atoms with Crippen LogP contribution in [0.15, 0.2) is 61.2 Å². The first kappa shape index (κ1) is 12.4. The second-order valence-electron chi connectivity index (χ2n) is 4.63. The fourth-order valence-corrected chi connectivity index (χ4v) is 2.16.